The fourth-order valence-corrected chi connectivity index (χ4v) is 4.09. The monoisotopic (exact) mass is 274 g/mol. The van der Waals surface area contributed by atoms with Gasteiger partial charge in [0.15, 0.2) is 5.78 Å². The highest BCUT2D eigenvalue weighted by Crippen LogP contribution is 2.50. The summed E-state index contributed by atoms with van der Waals surface area (Å²) in [7, 11) is 3.20. The number of ether oxygens (including phenoxy) is 2. The number of fused-ring (bicyclic) bond motifs is 2. The number of ketones is 1. The molecule has 3 rings (SSSR count). The molecule has 3 unspecified atom stereocenters. The molecule has 2 aliphatic rings. The molecule has 0 saturated heterocycles. The Bertz CT molecular complexity index is 487. The van der Waals surface area contributed by atoms with Crippen molar-refractivity contribution in [2.24, 2.45) is 17.8 Å². The fraction of sp³-hybridized carbons (Fsp3) is 0.588. The third-order valence-corrected chi connectivity index (χ3v) is 5.04. The van der Waals surface area contributed by atoms with Crippen molar-refractivity contribution in [2.45, 2.75) is 32.1 Å². The lowest BCUT2D eigenvalue weighted by Gasteiger charge is -2.21. The predicted octanol–water partition coefficient (Wildman–Crippen LogP) is 3.71. The number of rotatable bonds is 5. The molecule has 3 nitrogen and oxygen atoms in total. The van der Waals surface area contributed by atoms with Crippen molar-refractivity contribution in [1.29, 1.82) is 0 Å². The van der Waals surface area contributed by atoms with E-state index in [2.05, 4.69) is 0 Å². The Labute approximate surface area is 120 Å². The maximum absolute atomic E-state index is 12.7. The number of carbonyl (C=O) groups is 1. The number of hydrogen-bond acceptors (Lipinski definition) is 3. The zero-order valence-corrected chi connectivity index (χ0v) is 12.2. The van der Waals surface area contributed by atoms with Crippen molar-refractivity contribution < 1.29 is 14.3 Å². The summed E-state index contributed by atoms with van der Waals surface area (Å²) in [4.78, 5) is 12.7. The van der Waals surface area contributed by atoms with Gasteiger partial charge in [0.25, 0.3) is 0 Å². The van der Waals surface area contributed by atoms with E-state index >= 15 is 0 Å². The largest absolute Gasteiger partial charge is 0.496 e. The third-order valence-electron chi connectivity index (χ3n) is 5.04. The minimum atomic E-state index is 0.164. The average molecular weight is 274 g/mol. The van der Waals surface area contributed by atoms with Crippen molar-refractivity contribution in [2.75, 3.05) is 14.2 Å². The minimum absolute atomic E-state index is 0.164. The summed E-state index contributed by atoms with van der Waals surface area (Å²) in [5.74, 6) is 3.62. The van der Waals surface area contributed by atoms with Crippen molar-refractivity contribution >= 4 is 5.78 Å². The van der Waals surface area contributed by atoms with Gasteiger partial charge in [0.05, 0.1) is 14.2 Å². The van der Waals surface area contributed by atoms with E-state index < -0.39 is 0 Å². The molecule has 108 valence electrons. The van der Waals surface area contributed by atoms with E-state index in [4.69, 9.17) is 9.47 Å². The Balaban J connectivity index is 1.80. The van der Waals surface area contributed by atoms with E-state index in [0.717, 1.165) is 11.8 Å². The Hall–Kier alpha value is -1.51. The Morgan fingerprint density at radius 3 is 2.35 bits per heavy atom. The van der Waals surface area contributed by atoms with Crippen molar-refractivity contribution in [3.05, 3.63) is 23.8 Å². The molecule has 1 aromatic carbocycles. The molecular formula is C17H22O3. The highest BCUT2D eigenvalue weighted by molar-refractivity contribution is 6.01. The van der Waals surface area contributed by atoms with Crippen LogP contribution in [-0.4, -0.2) is 20.0 Å². The molecule has 1 aromatic rings. The van der Waals surface area contributed by atoms with Gasteiger partial charge < -0.3 is 9.47 Å². The second-order valence-electron chi connectivity index (χ2n) is 6.10. The highest BCUT2D eigenvalue weighted by atomic mass is 16.5. The van der Waals surface area contributed by atoms with Gasteiger partial charge in [-0.05, 0) is 49.1 Å². The molecule has 0 heterocycles. The zero-order chi connectivity index (χ0) is 14.1. The summed E-state index contributed by atoms with van der Waals surface area (Å²) in [6.07, 6.45) is 5.88. The average Bonchev–Trinajstić information content (AvgIpc) is 3.08. The SMILES string of the molecule is COc1cccc(OC)c1C(=O)CC1CC2CCC1C2. The Morgan fingerprint density at radius 1 is 1.15 bits per heavy atom. The van der Waals surface area contributed by atoms with Gasteiger partial charge >= 0.3 is 0 Å². The molecular weight excluding hydrogens is 252 g/mol. The van der Waals surface area contributed by atoms with Crippen molar-refractivity contribution in [3.63, 3.8) is 0 Å². The zero-order valence-electron chi connectivity index (χ0n) is 12.2. The molecule has 0 N–H and O–H groups in total. The first-order valence-corrected chi connectivity index (χ1v) is 7.47. The van der Waals surface area contributed by atoms with Gasteiger partial charge in [-0.25, -0.2) is 0 Å². The standard InChI is InChI=1S/C17H22O3/c1-19-15-4-3-5-16(20-2)17(15)14(18)10-13-9-11-6-7-12(13)8-11/h3-5,11-13H,6-10H2,1-2H3. The first-order chi connectivity index (χ1) is 9.72. The highest BCUT2D eigenvalue weighted by Gasteiger charge is 2.40. The van der Waals surface area contributed by atoms with Crippen LogP contribution in [0.15, 0.2) is 18.2 Å². The maximum atomic E-state index is 12.7. The van der Waals surface area contributed by atoms with Crippen LogP contribution in [0.3, 0.4) is 0 Å². The maximum Gasteiger partial charge on any atom is 0.170 e. The molecule has 3 heteroatoms. The van der Waals surface area contributed by atoms with Gasteiger partial charge in [0.1, 0.15) is 17.1 Å². The normalized spacial score (nSPS) is 27.6. The molecule has 2 fully saturated rings. The van der Waals surface area contributed by atoms with E-state index in [0.29, 0.717) is 29.4 Å². The van der Waals surface area contributed by atoms with Crippen LogP contribution in [0, 0.1) is 17.8 Å². The molecule has 0 aromatic heterocycles. The predicted molar refractivity (Wildman–Crippen MR) is 77.4 cm³/mol. The Kier molecular flexibility index (Phi) is 3.68. The molecule has 2 bridgehead atoms. The van der Waals surface area contributed by atoms with Gasteiger partial charge in [-0.2, -0.15) is 0 Å². The van der Waals surface area contributed by atoms with Crippen LogP contribution < -0.4 is 9.47 Å². The molecule has 20 heavy (non-hydrogen) atoms. The third kappa shape index (κ3) is 2.30. The lowest BCUT2D eigenvalue weighted by atomic mass is 9.84. The van der Waals surface area contributed by atoms with Crippen LogP contribution in [0.25, 0.3) is 0 Å². The van der Waals surface area contributed by atoms with E-state index in [1.807, 2.05) is 18.2 Å². The molecule has 2 aliphatic carbocycles. The van der Waals surface area contributed by atoms with Crippen molar-refractivity contribution in [3.8, 4) is 11.5 Å². The molecule has 0 amide bonds. The van der Waals surface area contributed by atoms with Crippen LogP contribution in [0.1, 0.15) is 42.5 Å². The minimum Gasteiger partial charge on any atom is -0.496 e. The van der Waals surface area contributed by atoms with E-state index in [1.165, 1.54) is 25.7 Å². The molecule has 2 saturated carbocycles. The molecule has 0 radical (unpaired) electrons. The topological polar surface area (TPSA) is 35.5 Å². The van der Waals surface area contributed by atoms with Gasteiger partial charge in [0.2, 0.25) is 0 Å². The van der Waals surface area contributed by atoms with Gasteiger partial charge in [-0.15, -0.1) is 0 Å². The van der Waals surface area contributed by atoms with Crippen molar-refractivity contribution in [1.82, 2.24) is 0 Å². The molecule has 0 spiro atoms. The summed E-state index contributed by atoms with van der Waals surface area (Å²) >= 11 is 0. The first-order valence-electron chi connectivity index (χ1n) is 7.47. The lowest BCUT2D eigenvalue weighted by molar-refractivity contribution is 0.0938. The van der Waals surface area contributed by atoms with Crippen LogP contribution in [0.2, 0.25) is 0 Å². The quantitative estimate of drug-likeness (QED) is 0.768. The number of methoxy groups -OCH3 is 2. The van der Waals surface area contributed by atoms with Crippen LogP contribution in [0.5, 0.6) is 11.5 Å². The van der Waals surface area contributed by atoms with Gasteiger partial charge in [-0.3, -0.25) is 4.79 Å². The summed E-state index contributed by atoms with van der Waals surface area (Å²) in [5.41, 5.74) is 0.611. The second-order valence-corrected chi connectivity index (χ2v) is 6.10. The Morgan fingerprint density at radius 2 is 1.85 bits per heavy atom. The first kappa shape index (κ1) is 13.5. The molecule has 3 atom stereocenters. The van der Waals surface area contributed by atoms with E-state index in [-0.39, 0.29) is 5.78 Å². The van der Waals surface area contributed by atoms with E-state index in [9.17, 15) is 4.79 Å². The van der Waals surface area contributed by atoms with Gasteiger partial charge in [-0.1, -0.05) is 12.5 Å². The lowest BCUT2D eigenvalue weighted by Crippen LogP contribution is -2.16. The number of Topliss-reactive ketones (excluding diaryl/α,β-unsaturated/α-hetero) is 1. The summed E-state index contributed by atoms with van der Waals surface area (Å²) in [6, 6.07) is 5.51. The fourth-order valence-electron chi connectivity index (χ4n) is 4.09. The second kappa shape index (κ2) is 5.47. The number of benzene rings is 1. The van der Waals surface area contributed by atoms with Crippen LogP contribution >= 0.6 is 0 Å². The summed E-state index contributed by atoms with van der Waals surface area (Å²) in [5, 5.41) is 0. The summed E-state index contributed by atoms with van der Waals surface area (Å²) in [6.45, 7) is 0. The smallest absolute Gasteiger partial charge is 0.170 e. The van der Waals surface area contributed by atoms with Crippen LogP contribution in [0.4, 0.5) is 0 Å². The molecule has 0 aliphatic heterocycles. The number of carbonyl (C=O) groups excluding carboxylic acids is 1. The summed E-state index contributed by atoms with van der Waals surface area (Å²) < 4.78 is 10.7. The van der Waals surface area contributed by atoms with Gasteiger partial charge in [0, 0.05) is 6.42 Å². The number of hydrogen-bond donors (Lipinski definition) is 0. The van der Waals surface area contributed by atoms with E-state index in [1.54, 1.807) is 14.2 Å². The van der Waals surface area contributed by atoms with Crippen LogP contribution in [-0.2, 0) is 0 Å².